The van der Waals surface area contributed by atoms with Gasteiger partial charge < -0.3 is 10.6 Å². The molecule has 1 aliphatic carbocycles. The van der Waals surface area contributed by atoms with E-state index in [1.165, 1.54) is 12.8 Å². The molecule has 0 aliphatic heterocycles. The molecule has 1 heterocycles. The zero-order valence-electron chi connectivity index (χ0n) is 11.6. The number of anilines is 1. The normalized spacial score (nSPS) is 16.7. The van der Waals surface area contributed by atoms with E-state index in [4.69, 9.17) is 5.73 Å². The molecule has 5 nitrogen and oxygen atoms in total. The summed E-state index contributed by atoms with van der Waals surface area (Å²) in [6.07, 6.45) is 4.33. The molecule has 0 bridgehead atoms. The number of likely N-dealkylation sites (N-methyl/N-ethyl adjacent to an activating group) is 1. The van der Waals surface area contributed by atoms with E-state index in [0.717, 1.165) is 24.2 Å². The van der Waals surface area contributed by atoms with Crippen molar-refractivity contribution < 1.29 is 0 Å². The third-order valence-electron chi connectivity index (χ3n) is 3.72. The van der Waals surface area contributed by atoms with Gasteiger partial charge in [-0.1, -0.05) is 13.8 Å². The third-order valence-corrected chi connectivity index (χ3v) is 3.72. The molecule has 1 saturated carbocycles. The van der Waals surface area contributed by atoms with Crippen molar-refractivity contribution >= 4 is 5.95 Å². The van der Waals surface area contributed by atoms with E-state index in [0.29, 0.717) is 24.5 Å². The average molecular weight is 249 g/mol. The fraction of sp³-hybridized carbons (Fsp3) is 0.769. The van der Waals surface area contributed by atoms with E-state index in [2.05, 4.69) is 33.9 Å². The Hall–Kier alpha value is -1.23. The lowest BCUT2D eigenvalue weighted by Crippen LogP contribution is -2.41. The summed E-state index contributed by atoms with van der Waals surface area (Å²) in [4.78, 5) is 6.74. The van der Waals surface area contributed by atoms with Crippen molar-refractivity contribution in [1.29, 1.82) is 0 Å². The van der Waals surface area contributed by atoms with Crippen molar-refractivity contribution in [3.63, 3.8) is 0 Å². The van der Waals surface area contributed by atoms with Crippen LogP contribution in [0, 0.1) is 5.92 Å². The van der Waals surface area contributed by atoms with Gasteiger partial charge in [-0.2, -0.15) is 5.10 Å². The van der Waals surface area contributed by atoms with Crippen LogP contribution >= 0.6 is 0 Å². The van der Waals surface area contributed by atoms with Crippen LogP contribution in [-0.4, -0.2) is 34.8 Å². The summed E-state index contributed by atoms with van der Waals surface area (Å²) >= 11 is 0. The first-order valence-electron chi connectivity index (χ1n) is 6.86. The van der Waals surface area contributed by atoms with Gasteiger partial charge in [0, 0.05) is 19.6 Å². The smallest absolute Gasteiger partial charge is 0.245 e. The Morgan fingerprint density at radius 1 is 1.22 bits per heavy atom. The molecule has 1 aromatic rings. The van der Waals surface area contributed by atoms with Crippen molar-refractivity contribution in [1.82, 2.24) is 15.2 Å². The van der Waals surface area contributed by atoms with Gasteiger partial charge in [0.15, 0.2) is 0 Å². The summed E-state index contributed by atoms with van der Waals surface area (Å²) in [5, 5.41) is 8.54. The minimum absolute atomic E-state index is 0.351. The molecule has 1 aromatic heterocycles. The second kappa shape index (κ2) is 5.61. The molecule has 18 heavy (non-hydrogen) atoms. The minimum atomic E-state index is 0.351. The van der Waals surface area contributed by atoms with Crippen LogP contribution in [0.1, 0.15) is 38.1 Å². The Bertz CT molecular complexity index is 402. The Balaban J connectivity index is 2.21. The fourth-order valence-electron chi connectivity index (χ4n) is 2.37. The highest BCUT2D eigenvalue weighted by Gasteiger charge is 2.34. The molecule has 0 aromatic carbocycles. The Morgan fingerprint density at radius 3 is 2.39 bits per heavy atom. The molecule has 0 spiro atoms. The minimum Gasteiger partial charge on any atom is -0.338 e. The van der Waals surface area contributed by atoms with Crippen LogP contribution in [0.2, 0.25) is 0 Å². The van der Waals surface area contributed by atoms with Crippen molar-refractivity contribution in [2.24, 2.45) is 11.7 Å². The van der Waals surface area contributed by atoms with Gasteiger partial charge in [-0.25, -0.2) is 4.98 Å². The fourth-order valence-corrected chi connectivity index (χ4v) is 2.37. The topological polar surface area (TPSA) is 67.9 Å². The highest BCUT2D eigenvalue weighted by atomic mass is 15.3. The Kier molecular flexibility index (Phi) is 4.11. The zero-order valence-corrected chi connectivity index (χ0v) is 11.6. The van der Waals surface area contributed by atoms with Gasteiger partial charge >= 0.3 is 0 Å². The number of nitrogens with two attached hydrogens (primary N) is 1. The standard InChI is InChI=1S/C13H23N5/c1-4-10-11(5-2)16-17-13(15-10)18(3)12(8-14)9-6-7-9/h9,12H,4-8,14H2,1-3H3. The van der Waals surface area contributed by atoms with Crippen LogP contribution in [0.3, 0.4) is 0 Å². The van der Waals surface area contributed by atoms with Crippen molar-refractivity contribution in [2.75, 3.05) is 18.5 Å². The van der Waals surface area contributed by atoms with Crippen LogP contribution in [0.4, 0.5) is 5.95 Å². The van der Waals surface area contributed by atoms with Gasteiger partial charge in [0.05, 0.1) is 11.4 Å². The van der Waals surface area contributed by atoms with Gasteiger partial charge in [-0.15, -0.1) is 5.10 Å². The van der Waals surface area contributed by atoms with Crippen LogP contribution < -0.4 is 10.6 Å². The maximum Gasteiger partial charge on any atom is 0.245 e. The largest absolute Gasteiger partial charge is 0.338 e. The summed E-state index contributed by atoms with van der Waals surface area (Å²) < 4.78 is 0. The quantitative estimate of drug-likeness (QED) is 0.819. The summed E-state index contributed by atoms with van der Waals surface area (Å²) in [6.45, 7) is 4.84. The van der Waals surface area contributed by atoms with Gasteiger partial charge in [-0.05, 0) is 31.6 Å². The Labute approximate surface area is 109 Å². The number of hydrogen-bond acceptors (Lipinski definition) is 5. The molecule has 1 fully saturated rings. The summed E-state index contributed by atoms with van der Waals surface area (Å²) in [5.74, 6) is 1.42. The highest BCUT2D eigenvalue weighted by Crippen LogP contribution is 2.35. The Morgan fingerprint density at radius 2 is 1.89 bits per heavy atom. The van der Waals surface area contributed by atoms with Crippen molar-refractivity contribution in [2.45, 2.75) is 45.6 Å². The molecule has 5 heteroatoms. The molecule has 0 radical (unpaired) electrons. The molecule has 0 amide bonds. The third kappa shape index (κ3) is 2.61. The van der Waals surface area contributed by atoms with Crippen LogP contribution in [0.25, 0.3) is 0 Å². The molecular weight excluding hydrogens is 226 g/mol. The SMILES string of the molecule is CCc1nnc(N(C)C(CN)C2CC2)nc1CC. The van der Waals surface area contributed by atoms with E-state index in [1.54, 1.807) is 0 Å². The lowest BCUT2D eigenvalue weighted by Gasteiger charge is -2.27. The molecule has 1 atom stereocenters. The molecule has 2 N–H and O–H groups in total. The van der Waals surface area contributed by atoms with Gasteiger partial charge in [0.25, 0.3) is 0 Å². The van der Waals surface area contributed by atoms with E-state index in [1.807, 2.05) is 7.05 Å². The number of aryl methyl sites for hydroxylation is 2. The van der Waals surface area contributed by atoms with E-state index < -0.39 is 0 Å². The first-order valence-corrected chi connectivity index (χ1v) is 6.86. The molecule has 2 rings (SSSR count). The highest BCUT2D eigenvalue weighted by molar-refractivity contribution is 5.32. The van der Waals surface area contributed by atoms with Gasteiger partial charge in [0.2, 0.25) is 5.95 Å². The first-order chi connectivity index (χ1) is 8.71. The molecule has 1 unspecified atom stereocenters. The molecule has 0 saturated heterocycles. The van der Waals surface area contributed by atoms with Crippen molar-refractivity contribution in [3.8, 4) is 0 Å². The number of aromatic nitrogens is 3. The van der Waals surface area contributed by atoms with Crippen LogP contribution in [-0.2, 0) is 12.8 Å². The maximum atomic E-state index is 5.86. The second-order valence-corrected chi connectivity index (χ2v) is 4.96. The molecular formula is C13H23N5. The van der Waals surface area contributed by atoms with Crippen molar-refractivity contribution in [3.05, 3.63) is 11.4 Å². The number of hydrogen-bond donors (Lipinski definition) is 1. The average Bonchev–Trinajstić information content (AvgIpc) is 3.23. The summed E-state index contributed by atoms with van der Waals surface area (Å²) in [6, 6.07) is 0.351. The second-order valence-electron chi connectivity index (χ2n) is 4.96. The predicted octanol–water partition coefficient (Wildman–Crippen LogP) is 1.17. The molecule has 1 aliphatic rings. The molecule has 100 valence electrons. The lowest BCUT2D eigenvalue weighted by molar-refractivity contribution is 0.556. The lowest BCUT2D eigenvalue weighted by atomic mass is 10.1. The maximum absolute atomic E-state index is 5.86. The van der Waals surface area contributed by atoms with Crippen LogP contribution in [0.5, 0.6) is 0 Å². The van der Waals surface area contributed by atoms with Crippen LogP contribution in [0.15, 0.2) is 0 Å². The number of rotatable bonds is 6. The predicted molar refractivity (Wildman–Crippen MR) is 72.6 cm³/mol. The summed E-state index contributed by atoms with van der Waals surface area (Å²) in [5.41, 5.74) is 7.92. The van der Waals surface area contributed by atoms with E-state index in [9.17, 15) is 0 Å². The van der Waals surface area contributed by atoms with E-state index in [-0.39, 0.29) is 0 Å². The van der Waals surface area contributed by atoms with Gasteiger partial charge in [-0.3, -0.25) is 0 Å². The summed E-state index contributed by atoms with van der Waals surface area (Å²) in [7, 11) is 2.03. The zero-order chi connectivity index (χ0) is 13.1. The number of nitrogens with zero attached hydrogens (tertiary/aromatic N) is 4. The van der Waals surface area contributed by atoms with E-state index >= 15 is 0 Å². The first kappa shape index (κ1) is 13.2. The van der Waals surface area contributed by atoms with Gasteiger partial charge in [0.1, 0.15) is 0 Å². The monoisotopic (exact) mass is 249 g/mol.